The molecule has 1 aromatic carbocycles. The lowest BCUT2D eigenvalue weighted by atomic mass is 9.94. The standard InChI is InChI=1S/C14H16N6O/c1-9-7-12(21)18-19-13(9)10-3-5-11(6-4-10)17-14(16)20(2)8-15/h3-6,9H,7H2,1-2H3,(H2,16,17)(H,18,21)/t9-/m1/s1. The molecule has 0 saturated heterocycles. The fourth-order valence-electron chi connectivity index (χ4n) is 1.97. The number of rotatable bonds is 2. The van der Waals surface area contributed by atoms with Crippen molar-refractivity contribution in [3.63, 3.8) is 0 Å². The number of nitrogens with zero attached hydrogens (tertiary/aromatic N) is 4. The summed E-state index contributed by atoms with van der Waals surface area (Å²) in [4.78, 5) is 16.5. The average molecular weight is 284 g/mol. The molecule has 3 N–H and O–H groups in total. The van der Waals surface area contributed by atoms with Gasteiger partial charge in [0.2, 0.25) is 11.9 Å². The molecule has 0 bridgehead atoms. The van der Waals surface area contributed by atoms with E-state index in [4.69, 9.17) is 11.0 Å². The number of nitriles is 1. The highest BCUT2D eigenvalue weighted by atomic mass is 16.2. The monoisotopic (exact) mass is 284 g/mol. The molecule has 0 aromatic heterocycles. The second-order valence-electron chi connectivity index (χ2n) is 4.81. The minimum Gasteiger partial charge on any atom is -0.369 e. The first kappa shape index (κ1) is 14.5. The molecular weight excluding hydrogens is 268 g/mol. The van der Waals surface area contributed by atoms with Crippen molar-refractivity contribution in [2.24, 2.45) is 21.7 Å². The number of hydrazone groups is 1. The van der Waals surface area contributed by atoms with Gasteiger partial charge in [0.15, 0.2) is 6.19 Å². The van der Waals surface area contributed by atoms with Crippen LogP contribution in [0.3, 0.4) is 0 Å². The highest BCUT2D eigenvalue weighted by Gasteiger charge is 2.21. The zero-order valence-electron chi connectivity index (χ0n) is 11.9. The number of benzene rings is 1. The van der Waals surface area contributed by atoms with E-state index in [0.29, 0.717) is 12.1 Å². The summed E-state index contributed by atoms with van der Waals surface area (Å²) >= 11 is 0. The van der Waals surface area contributed by atoms with Crippen LogP contribution in [0.2, 0.25) is 0 Å². The van der Waals surface area contributed by atoms with E-state index in [-0.39, 0.29) is 17.8 Å². The molecule has 21 heavy (non-hydrogen) atoms. The minimum atomic E-state index is -0.0696. The molecule has 1 aliphatic heterocycles. The maximum Gasteiger partial charge on any atom is 0.240 e. The van der Waals surface area contributed by atoms with E-state index in [1.54, 1.807) is 12.1 Å². The Balaban J connectivity index is 2.20. The number of hydrogen-bond acceptors (Lipinski definition) is 4. The van der Waals surface area contributed by atoms with Gasteiger partial charge in [-0.1, -0.05) is 19.1 Å². The molecule has 1 aromatic rings. The van der Waals surface area contributed by atoms with Gasteiger partial charge >= 0.3 is 0 Å². The Morgan fingerprint density at radius 1 is 1.52 bits per heavy atom. The number of amides is 1. The van der Waals surface area contributed by atoms with Crippen LogP contribution >= 0.6 is 0 Å². The minimum absolute atomic E-state index is 0.0696. The number of aliphatic imine (C=N–C) groups is 1. The Hall–Kier alpha value is -2.88. The Morgan fingerprint density at radius 2 is 2.19 bits per heavy atom. The van der Waals surface area contributed by atoms with E-state index in [0.717, 1.165) is 11.3 Å². The van der Waals surface area contributed by atoms with E-state index in [2.05, 4.69) is 15.5 Å². The van der Waals surface area contributed by atoms with Crippen molar-refractivity contribution in [3.05, 3.63) is 29.8 Å². The van der Waals surface area contributed by atoms with Crippen molar-refractivity contribution in [3.8, 4) is 6.19 Å². The summed E-state index contributed by atoms with van der Waals surface area (Å²) in [6, 6.07) is 7.31. The van der Waals surface area contributed by atoms with Crippen molar-refractivity contribution in [1.82, 2.24) is 10.3 Å². The van der Waals surface area contributed by atoms with Crippen LogP contribution in [0.15, 0.2) is 34.4 Å². The summed E-state index contributed by atoms with van der Waals surface area (Å²) in [5, 5.41) is 12.8. The fraction of sp³-hybridized carbons (Fsp3) is 0.286. The molecule has 0 spiro atoms. The number of carbonyl (C=O) groups is 1. The van der Waals surface area contributed by atoms with Crippen LogP contribution < -0.4 is 11.2 Å². The predicted octanol–water partition coefficient (Wildman–Crippen LogP) is 0.906. The number of carbonyl (C=O) groups excluding carboxylic acids is 1. The quantitative estimate of drug-likeness (QED) is 0.364. The zero-order valence-corrected chi connectivity index (χ0v) is 11.9. The number of guanidine groups is 1. The molecule has 108 valence electrons. The number of nitrogens with one attached hydrogen (secondary N) is 1. The normalized spacial score (nSPS) is 18.5. The van der Waals surface area contributed by atoms with E-state index in [9.17, 15) is 4.79 Å². The lowest BCUT2D eigenvalue weighted by Gasteiger charge is -2.19. The second kappa shape index (κ2) is 6.05. The maximum atomic E-state index is 11.2. The van der Waals surface area contributed by atoms with Gasteiger partial charge in [0.05, 0.1) is 11.4 Å². The molecule has 7 heteroatoms. The SMILES string of the molecule is C[C@@H]1CC(=O)NN=C1c1ccc(/N=C(\N)N(C)C#N)cc1. The molecule has 0 fully saturated rings. The first-order valence-corrected chi connectivity index (χ1v) is 6.45. The first-order chi connectivity index (χ1) is 10.0. The Morgan fingerprint density at radius 3 is 2.76 bits per heavy atom. The third-order valence-electron chi connectivity index (χ3n) is 3.16. The number of hydrogen-bond donors (Lipinski definition) is 2. The van der Waals surface area contributed by atoms with Crippen molar-refractivity contribution in [2.75, 3.05) is 7.05 Å². The van der Waals surface area contributed by atoms with Crippen LogP contribution in [0.25, 0.3) is 0 Å². The molecule has 2 rings (SSSR count). The summed E-state index contributed by atoms with van der Waals surface area (Å²) in [7, 11) is 1.54. The molecule has 1 heterocycles. The van der Waals surface area contributed by atoms with Gasteiger partial charge in [0.1, 0.15) is 0 Å². The molecule has 0 unspecified atom stereocenters. The summed E-state index contributed by atoms with van der Waals surface area (Å²) in [5.41, 5.74) is 10.6. The van der Waals surface area contributed by atoms with Gasteiger partial charge in [0.25, 0.3) is 0 Å². The summed E-state index contributed by atoms with van der Waals surface area (Å²) in [5.74, 6) is 0.128. The molecule has 1 atom stereocenters. The van der Waals surface area contributed by atoms with Crippen LogP contribution in [-0.2, 0) is 4.79 Å². The topological polar surface area (TPSA) is 107 Å². The van der Waals surface area contributed by atoms with E-state index < -0.39 is 0 Å². The number of nitrogens with two attached hydrogens (primary N) is 1. The van der Waals surface area contributed by atoms with Gasteiger partial charge in [-0.25, -0.2) is 10.4 Å². The lowest BCUT2D eigenvalue weighted by Crippen LogP contribution is -2.31. The van der Waals surface area contributed by atoms with Gasteiger partial charge in [0, 0.05) is 19.4 Å². The summed E-state index contributed by atoms with van der Waals surface area (Å²) in [6.45, 7) is 1.96. The van der Waals surface area contributed by atoms with E-state index in [1.807, 2.05) is 25.2 Å². The van der Waals surface area contributed by atoms with E-state index in [1.165, 1.54) is 11.9 Å². The van der Waals surface area contributed by atoms with Crippen LogP contribution in [-0.4, -0.2) is 29.5 Å². The molecule has 7 nitrogen and oxygen atoms in total. The smallest absolute Gasteiger partial charge is 0.240 e. The van der Waals surface area contributed by atoms with Crippen molar-refractivity contribution >= 4 is 23.3 Å². The van der Waals surface area contributed by atoms with Gasteiger partial charge in [-0.15, -0.1) is 0 Å². The largest absolute Gasteiger partial charge is 0.369 e. The third kappa shape index (κ3) is 3.36. The fourth-order valence-corrected chi connectivity index (χ4v) is 1.97. The zero-order chi connectivity index (χ0) is 15.4. The molecule has 0 aliphatic carbocycles. The Bertz CT molecular complexity index is 640. The van der Waals surface area contributed by atoms with Gasteiger partial charge in [-0.3, -0.25) is 9.69 Å². The van der Waals surface area contributed by atoms with Crippen LogP contribution in [0.5, 0.6) is 0 Å². The maximum absolute atomic E-state index is 11.2. The molecule has 1 amide bonds. The third-order valence-corrected chi connectivity index (χ3v) is 3.16. The van der Waals surface area contributed by atoms with E-state index >= 15 is 0 Å². The molecule has 1 aliphatic rings. The van der Waals surface area contributed by atoms with Crippen LogP contribution in [0.4, 0.5) is 5.69 Å². The van der Waals surface area contributed by atoms with Crippen LogP contribution in [0, 0.1) is 17.4 Å². The lowest BCUT2D eigenvalue weighted by molar-refractivity contribution is -0.121. The average Bonchev–Trinajstić information content (AvgIpc) is 2.47. The Kier molecular flexibility index (Phi) is 4.18. The van der Waals surface area contributed by atoms with Crippen molar-refractivity contribution in [1.29, 1.82) is 5.26 Å². The van der Waals surface area contributed by atoms with Crippen molar-refractivity contribution < 1.29 is 4.79 Å². The van der Waals surface area contributed by atoms with Gasteiger partial charge in [-0.05, 0) is 17.7 Å². The summed E-state index contributed by atoms with van der Waals surface area (Å²) < 4.78 is 0. The van der Waals surface area contributed by atoms with Gasteiger partial charge < -0.3 is 5.73 Å². The molecule has 0 saturated carbocycles. The summed E-state index contributed by atoms with van der Waals surface area (Å²) in [6.07, 6.45) is 2.31. The molecule has 0 radical (unpaired) electrons. The second-order valence-corrected chi connectivity index (χ2v) is 4.81. The predicted molar refractivity (Wildman–Crippen MR) is 79.6 cm³/mol. The van der Waals surface area contributed by atoms with Gasteiger partial charge in [-0.2, -0.15) is 10.4 Å². The highest BCUT2D eigenvalue weighted by Crippen LogP contribution is 2.19. The van der Waals surface area contributed by atoms with Crippen molar-refractivity contribution in [2.45, 2.75) is 13.3 Å². The Labute approximate surface area is 122 Å². The first-order valence-electron chi connectivity index (χ1n) is 6.45. The molecular formula is C14H16N6O. The highest BCUT2D eigenvalue weighted by molar-refractivity contribution is 6.05. The van der Waals surface area contributed by atoms with Crippen LogP contribution in [0.1, 0.15) is 18.9 Å².